The maximum atomic E-state index is 11.9. The average Bonchev–Trinajstić information content (AvgIpc) is 3.02. The largest absolute Gasteiger partial charge is 0.389 e. The number of methoxy groups -OCH3 is 1. The predicted octanol–water partition coefficient (Wildman–Crippen LogP) is 1.49. The van der Waals surface area contributed by atoms with Crippen LogP contribution in [0.4, 0.5) is 4.79 Å². The second kappa shape index (κ2) is 8.30. The van der Waals surface area contributed by atoms with Crippen LogP contribution in [0.25, 0.3) is 11.3 Å². The molecule has 7 heteroatoms. The van der Waals surface area contributed by atoms with Crippen molar-refractivity contribution in [2.24, 2.45) is 0 Å². The normalized spacial score (nSPS) is 12.0. The third-order valence-corrected chi connectivity index (χ3v) is 3.23. The van der Waals surface area contributed by atoms with Crippen LogP contribution in [-0.4, -0.2) is 54.6 Å². The maximum Gasteiger partial charge on any atom is 0.317 e. The van der Waals surface area contributed by atoms with Gasteiger partial charge in [0.25, 0.3) is 0 Å². The summed E-state index contributed by atoms with van der Waals surface area (Å²) >= 11 is 0. The Morgan fingerprint density at radius 3 is 2.87 bits per heavy atom. The Bertz CT molecular complexity index is 615. The number of carbonyl (C=O) groups is 1. The van der Waals surface area contributed by atoms with Crippen molar-refractivity contribution < 1.29 is 19.2 Å². The highest BCUT2D eigenvalue weighted by Crippen LogP contribution is 2.18. The van der Waals surface area contributed by atoms with E-state index in [4.69, 9.17) is 9.26 Å². The number of hydrogen-bond acceptors (Lipinski definition) is 5. The summed E-state index contributed by atoms with van der Waals surface area (Å²) in [6.07, 6.45) is -0.717. The van der Waals surface area contributed by atoms with Crippen molar-refractivity contribution in [1.82, 2.24) is 15.4 Å². The summed E-state index contributed by atoms with van der Waals surface area (Å²) in [5.41, 5.74) is 1.67. The first-order chi connectivity index (χ1) is 11.1. The lowest BCUT2D eigenvalue weighted by Crippen LogP contribution is -2.42. The van der Waals surface area contributed by atoms with Gasteiger partial charge >= 0.3 is 6.03 Å². The van der Waals surface area contributed by atoms with Gasteiger partial charge in [0, 0.05) is 25.8 Å². The molecule has 1 aromatic carbocycles. The molecule has 0 unspecified atom stereocenters. The van der Waals surface area contributed by atoms with Crippen molar-refractivity contribution in [1.29, 1.82) is 0 Å². The van der Waals surface area contributed by atoms with E-state index < -0.39 is 6.10 Å². The van der Waals surface area contributed by atoms with Gasteiger partial charge in [-0.2, -0.15) is 0 Å². The molecule has 0 spiro atoms. The van der Waals surface area contributed by atoms with E-state index >= 15 is 0 Å². The molecule has 1 heterocycles. The summed E-state index contributed by atoms with van der Waals surface area (Å²) in [7, 11) is 3.10. The second-order valence-corrected chi connectivity index (χ2v) is 5.19. The van der Waals surface area contributed by atoms with Crippen molar-refractivity contribution in [3.63, 3.8) is 0 Å². The molecule has 0 radical (unpaired) electrons. The zero-order valence-electron chi connectivity index (χ0n) is 13.2. The number of rotatable bonds is 7. The average molecular weight is 319 g/mol. The highest BCUT2D eigenvalue weighted by molar-refractivity contribution is 5.73. The molecule has 0 aliphatic carbocycles. The van der Waals surface area contributed by atoms with E-state index in [0.717, 1.165) is 11.3 Å². The van der Waals surface area contributed by atoms with Gasteiger partial charge in [0.2, 0.25) is 0 Å². The van der Waals surface area contributed by atoms with E-state index in [1.54, 1.807) is 13.1 Å². The maximum absolute atomic E-state index is 11.9. The molecule has 0 fully saturated rings. The van der Waals surface area contributed by atoms with Gasteiger partial charge in [-0.15, -0.1) is 0 Å². The number of likely N-dealkylation sites (N-methyl/N-ethyl adjacent to an activating group) is 1. The van der Waals surface area contributed by atoms with Crippen LogP contribution in [0.1, 0.15) is 5.76 Å². The monoisotopic (exact) mass is 319 g/mol. The molecule has 7 nitrogen and oxygen atoms in total. The number of carbonyl (C=O) groups excluding carboxylic acids is 1. The van der Waals surface area contributed by atoms with Crippen molar-refractivity contribution in [2.45, 2.75) is 12.6 Å². The van der Waals surface area contributed by atoms with Gasteiger partial charge in [0.15, 0.2) is 5.76 Å². The topological polar surface area (TPSA) is 87.8 Å². The lowest BCUT2D eigenvalue weighted by atomic mass is 10.1. The van der Waals surface area contributed by atoms with Gasteiger partial charge in [0.1, 0.15) is 5.69 Å². The number of aliphatic hydroxyl groups is 1. The van der Waals surface area contributed by atoms with Crippen LogP contribution < -0.4 is 5.32 Å². The van der Waals surface area contributed by atoms with Crippen molar-refractivity contribution in [3.8, 4) is 11.3 Å². The molecule has 0 aliphatic rings. The van der Waals surface area contributed by atoms with Crippen LogP contribution in [0.3, 0.4) is 0 Å². The molecule has 2 rings (SSSR count). The molecule has 0 saturated heterocycles. The van der Waals surface area contributed by atoms with Gasteiger partial charge in [0.05, 0.1) is 25.8 Å². The van der Waals surface area contributed by atoms with E-state index in [-0.39, 0.29) is 25.7 Å². The SMILES string of the molecule is COC[C@H](O)CN(C)C(=O)NCc1cc(-c2ccccc2)no1. The summed E-state index contributed by atoms with van der Waals surface area (Å²) in [5.74, 6) is 0.558. The minimum atomic E-state index is -0.717. The van der Waals surface area contributed by atoms with Crippen molar-refractivity contribution >= 4 is 6.03 Å². The molecular formula is C16H21N3O4. The van der Waals surface area contributed by atoms with Crippen LogP contribution in [0.2, 0.25) is 0 Å². The van der Waals surface area contributed by atoms with Crippen LogP contribution in [-0.2, 0) is 11.3 Å². The molecule has 1 atom stereocenters. The number of hydrogen-bond donors (Lipinski definition) is 2. The second-order valence-electron chi connectivity index (χ2n) is 5.19. The fourth-order valence-corrected chi connectivity index (χ4v) is 2.08. The third-order valence-electron chi connectivity index (χ3n) is 3.23. The van der Waals surface area contributed by atoms with Gasteiger partial charge in [-0.25, -0.2) is 4.79 Å². The Hall–Kier alpha value is -2.38. The Labute approximate surface area is 134 Å². The summed E-state index contributed by atoms with van der Waals surface area (Å²) in [6, 6.07) is 11.1. The molecule has 1 aromatic heterocycles. The minimum absolute atomic E-state index is 0.181. The lowest BCUT2D eigenvalue weighted by Gasteiger charge is -2.20. The molecule has 0 bridgehead atoms. The van der Waals surface area contributed by atoms with Crippen LogP contribution in [0, 0.1) is 0 Å². The fraction of sp³-hybridized carbons (Fsp3) is 0.375. The minimum Gasteiger partial charge on any atom is -0.389 e. The molecule has 2 aromatic rings. The zero-order valence-corrected chi connectivity index (χ0v) is 13.2. The number of amides is 2. The first-order valence-corrected chi connectivity index (χ1v) is 7.27. The summed E-state index contributed by atoms with van der Waals surface area (Å²) in [6.45, 7) is 0.592. The van der Waals surface area contributed by atoms with Crippen LogP contribution >= 0.6 is 0 Å². The summed E-state index contributed by atoms with van der Waals surface area (Å²) in [4.78, 5) is 13.3. The number of urea groups is 1. The number of ether oxygens (including phenoxy) is 1. The standard InChI is InChI=1S/C16H21N3O4/c1-19(10-13(20)11-22-2)16(21)17-9-14-8-15(18-23-14)12-6-4-3-5-7-12/h3-8,13,20H,9-11H2,1-2H3,(H,17,21)/t13-/m1/s1. The number of benzene rings is 1. The highest BCUT2D eigenvalue weighted by Gasteiger charge is 2.14. The Kier molecular flexibility index (Phi) is 6.13. The van der Waals surface area contributed by atoms with E-state index in [9.17, 15) is 9.90 Å². The van der Waals surface area contributed by atoms with Crippen molar-refractivity contribution in [3.05, 3.63) is 42.2 Å². The third kappa shape index (κ3) is 5.08. The number of nitrogens with zero attached hydrogens (tertiary/aromatic N) is 2. The van der Waals surface area contributed by atoms with Crippen LogP contribution in [0.15, 0.2) is 40.9 Å². The summed E-state index contributed by atoms with van der Waals surface area (Å²) < 4.78 is 10.0. The number of nitrogens with one attached hydrogen (secondary N) is 1. The van der Waals surface area contributed by atoms with Gasteiger partial charge < -0.3 is 24.6 Å². The van der Waals surface area contributed by atoms with Crippen LogP contribution in [0.5, 0.6) is 0 Å². The van der Waals surface area contributed by atoms with Gasteiger partial charge in [-0.3, -0.25) is 0 Å². The number of aromatic nitrogens is 1. The first kappa shape index (κ1) is 17.0. The quantitative estimate of drug-likeness (QED) is 0.807. The molecule has 0 saturated carbocycles. The lowest BCUT2D eigenvalue weighted by molar-refractivity contribution is 0.0489. The molecular weight excluding hydrogens is 298 g/mol. The Morgan fingerprint density at radius 2 is 2.17 bits per heavy atom. The first-order valence-electron chi connectivity index (χ1n) is 7.27. The van der Waals surface area contributed by atoms with E-state index in [2.05, 4.69) is 10.5 Å². The van der Waals surface area contributed by atoms with E-state index in [1.807, 2.05) is 30.3 Å². The van der Waals surface area contributed by atoms with Gasteiger partial charge in [-0.05, 0) is 0 Å². The Balaban J connectivity index is 1.84. The Morgan fingerprint density at radius 1 is 1.43 bits per heavy atom. The molecule has 124 valence electrons. The molecule has 2 amide bonds. The van der Waals surface area contributed by atoms with E-state index in [1.165, 1.54) is 12.0 Å². The molecule has 2 N–H and O–H groups in total. The van der Waals surface area contributed by atoms with Gasteiger partial charge in [-0.1, -0.05) is 35.5 Å². The van der Waals surface area contributed by atoms with Crippen molar-refractivity contribution in [2.75, 3.05) is 27.3 Å². The molecule has 0 aliphatic heterocycles. The predicted molar refractivity (Wildman–Crippen MR) is 84.7 cm³/mol. The smallest absolute Gasteiger partial charge is 0.317 e. The fourth-order valence-electron chi connectivity index (χ4n) is 2.08. The highest BCUT2D eigenvalue weighted by atomic mass is 16.5. The summed E-state index contributed by atoms with van der Waals surface area (Å²) in [5, 5.41) is 16.3. The number of aliphatic hydroxyl groups excluding tert-OH is 1. The zero-order chi connectivity index (χ0) is 16.7. The van der Waals surface area contributed by atoms with E-state index in [0.29, 0.717) is 5.76 Å². The molecule has 23 heavy (non-hydrogen) atoms.